The van der Waals surface area contributed by atoms with Gasteiger partial charge in [0.15, 0.2) is 0 Å². The van der Waals surface area contributed by atoms with Crippen molar-refractivity contribution in [2.45, 2.75) is 314 Å². The summed E-state index contributed by atoms with van der Waals surface area (Å²) in [5.41, 5.74) is 12.1. The van der Waals surface area contributed by atoms with Crippen molar-refractivity contribution in [1.29, 1.82) is 0 Å². The third-order valence-corrected chi connectivity index (χ3v) is 14.9. The van der Waals surface area contributed by atoms with Crippen LogP contribution in [0.5, 0.6) is 0 Å². The Balaban J connectivity index is -0.000000265. The first-order chi connectivity index (χ1) is 37.2. The summed E-state index contributed by atoms with van der Waals surface area (Å²) in [6.07, 6.45) is 40.1. The average molecular weight is 1360 g/mol. The Hall–Kier alpha value is -4.38. The van der Waals surface area contributed by atoms with Gasteiger partial charge in [-0.05, 0) is 131 Å². The van der Waals surface area contributed by atoms with Crippen molar-refractivity contribution in [3.05, 3.63) is 150 Å². The van der Waals surface area contributed by atoms with Gasteiger partial charge in [-0.2, -0.15) is 20.8 Å². The molecule has 458 valence electrons. The SMILES string of the molecule is CC.CC.CC.CC.CC.CC.CC1(C)C=CC=C1.CC1(C)C=CCC1.CC1(C)C=CCCC1.CC1(C)CCCC1.CC1(C)CCCCC1.CC1(C)CCc2ccccc21.CC1(C)c2ccccc2-c2ccccc21.C[C-](C)C.[Rf]. The fourth-order valence-corrected chi connectivity index (χ4v) is 10.3. The predicted molar refractivity (Wildman–Crippen MR) is 370 cm³/mol. The molecule has 2 fully saturated rings. The van der Waals surface area contributed by atoms with Gasteiger partial charge in [0.25, 0.3) is 0 Å². The van der Waals surface area contributed by atoms with Crippen LogP contribution in [0.15, 0.2) is 121 Å². The molecule has 80 heavy (non-hydrogen) atoms. The molecule has 0 unspecified atom stereocenters. The first-order valence-electron chi connectivity index (χ1n) is 32.9. The number of benzene rings is 3. The number of hydrogen-bond acceptors (Lipinski definition) is 0. The van der Waals surface area contributed by atoms with Gasteiger partial charge in [-0.1, -0.05) is 334 Å². The topological polar surface area (TPSA) is 0 Å². The van der Waals surface area contributed by atoms with E-state index in [2.05, 4.69) is 239 Å². The van der Waals surface area contributed by atoms with Crippen LogP contribution in [0.3, 0.4) is 0 Å². The molecule has 0 radical (unpaired) electrons. The summed E-state index contributed by atoms with van der Waals surface area (Å²) in [5.74, 6) is 1.42. The largest absolute Gasteiger partial charge is 0.323 e. The molecule has 0 N–H and O–H groups in total. The quantitative estimate of drug-likeness (QED) is 0.155. The zero-order valence-corrected chi connectivity index (χ0v) is 66.0. The summed E-state index contributed by atoms with van der Waals surface area (Å²) in [5, 5.41) is 0. The molecule has 0 spiro atoms. The Bertz CT molecular complexity index is 1940. The van der Waals surface area contributed by atoms with Crippen LogP contribution in [0.4, 0.5) is 0 Å². The predicted octanol–water partition coefficient (Wildman–Crippen LogP) is 27.5. The van der Waals surface area contributed by atoms with Crippen LogP contribution in [0.2, 0.25) is 0 Å². The van der Waals surface area contributed by atoms with E-state index in [4.69, 9.17) is 0 Å². The monoisotopic (exact) mass is 1360 g/mol. The van der Waals surface area contributed by atoms with Gasteiger partial charge in [0.2, 0.25) is 0 Å². The Kier molecular flexibility index (Phi) is 47.7. The summed E-state index contributed by atoms with van der Waals surface area (Å²) in [6.45, 7) is 62.5. The van der Waals surface area contributed by atoms with Gasteiger partial charge in [-0.25, -0.2) is 0 Å². The maximum Gasteiger partial charge on any atom is 0.0158 e. The van der Waals surface area contributed by atoms with E-state index in [0.29, 0.717) is 32.5 Å². The molecule has 3 aromatic rings. The molecule has 0 aromatic heterocycles. The molecule has 0 aliphatic heterocycles. The van der Waals surface area contributed by atoms with Gasteiger partial charge in [0.1, 0.15) is 0 Å². The van der Waals surface area contributed by atoms with Crippen molar-refractivity contribution < 1.29 is 0 Å². The number of fused-ring (bicyclic) bond motifs is 4. The van der Waals surface area contributed by atoms with E-state index < -0.39 is 0 Å². The minimum Gasteiger partial charge on any atom is -0.323 e. The summed E-state index contributed by atoms with van der Waals surface area (Å²) in [4.78, 5) is 0. The van der Waals surface area contributed by atoms with E-state index in [1.807, 2.05) is 83.1 Å². The van der Waals surface area contributed by atoms with Crippen LogP contribution >= 0.6 is 0 Å². The first kappa shape index (κ1) is 84.4. The van der Waals surface area contributed by atoms with Gasteiger partial charge in [0.05, 0.1) is 0 Å². The van der Waals surface area contributed by atoms with Gasteiger partial charge < -0.3 is 5.92 Å². The van der Waals surface area contributed by atoms with E-state index in [1.54, 1.807) is 11.1 Å². The summed E-state index contributed by atoms with van der Waals surface area (Å²) >= 11 is 0. The second-order valence-corrected chi connectivity index (χ2v) is 26.1. The smallest absolute Gasteiger partial charge is 0.0158 e. The number of allylic oxidation sites excluding steroid dienone is 8. The number of rotatable bonds is 0. The molecule has 3 aromatic carbocycles. The Labute approximate surface area is 499 Å². The second-order valence-electron chi connectivity index (χ2n) is 26.1. The van der Waals surface area contributed by atoms with Crippen molar-refractivity contribution in [3.63, 3.8) is 0 Å². The molecule has 0 heterocycles. The van der Waals surface area contributed by atoms with Crippen molar-refractivity contribution in [2.24, 2.45) is 27.1 Å². The van der Waals surface area contributed by atoms with Crippen LogP contribution in [0.25, 0.3) is 11.1 Å². The van der Waals surface area contributed by atoms with Crippen LogP contribution in [-0.2, 0) is 17.3 Å². The Morgan fingerprint density at radius 3 is 0.938 bits per heavy atom. The minimum atomic E-state index is 0. The Morgan fingerprint density at radius 1 is 0.350 bits per heavy atom. The third-order valence-electron chi connectivity index (χ3n) is 14.9. The standard InChI is InChI=1S/C15H14.C11H14.C8H16.C8H14.C7H14.C7H12.C7H10.C4H9.6C2H6.Rf/c1-15(2)13-9-5-3-7-11(13)12-8-4-6-10-14(12)15;1-11(2)8-7-9-5-3-4-6-10(9)11;2*1-8(2)6-4-3-5-7-8;3*1-7(2)5-3-4-6-7;1-4(2)3;6*1-2;/h3-10H,1-2H3;3-6H,7-8H2,1-2H3;3-7H2,1-2H3;4,6H,3,5,7H2,1-2H3;3-6H2,1-2H3;3,5H,4,6H2,1-2H3;3-6H,1-2H3;1-3H3;6*1-2H3;/q;;;;;;;-1;;;;;;;. The molecular weight excluding hydrogens is 1220 g/mol. The molecule has 0 amide bonds. The second kappa shape index (κ2) is 45.2. The zero-order chi connectivity index (χ0) is 62.0. The zero-order valence-electron chi connectivity index (χ0n) is 59.6. The number of aryl methyl sites for hydroxylation is 1. The van der Waals surface area contributed by atoms with Gasteiger partial charge >= 0.3 is 0 Å². The molecule has 7 aliphatic rings. The van der Waals surface area contributed by atoms with Crippen molar-refractivity contribution in [3.8, 4) is 11.1 Å². The van der Waals surface area contributed by atoms with Crippen LogP contribution in [0.1, 0.15) is 319 Å². The van der Waals surface area contributed by atoms with E-state index in [-0.39, 0.29) is 5.41 Å². The Morgan fingerprint density at radius 2 is 0.688 bits per heavy atom. The molecule has 1 heteroatoms. The van der Waals surface area contributed by atoms with Gasteiger partial charge in [-0.15, -0.1) is 0 Å². The van der Waals surface area contributed by atoms with Crippen molar-refractivity contribution in [2.75, 3.05) is 0 Å². The molecule has 0 atom stereocenters. The average Bonchev–Trinajstić information content (AvgIpc) is 4.27. The third kappa shape index (κ3) is 36.2. The van der Waals surface area contributed by atoms with Crippen LogP contribution in [0, 0.1) is 33.0 Å². The maximum atomic E-state index is 2.38. The fraction of sp³-hybridized carbons (Fsp3) is 0.658. The summed E-state index contributed by atoms with van der Waals surface area (Å²) in [7, 11) is 0. The molecular formula is C79H139Rf-. The van der Waals surface area contributed by atoms with Crippen molar-refractivity contribution >= 4 is 0 Å². The molecule has 0 nitrogen and oxygen atoms in total. The first-order valence-corrected chi connectivity index (χ1v) is 32.9. The van der Waals surface area contributed by atoms with Crippen molar-refractivity contribution in [1.82, 2.24) is 0 Å². The van der Waals surface area contributed by atoms with Gasteiger partial charge in [0, 0.05) is 10.8 Å². The number of hydrogen-bond donors (Lipinski definition) is 0. The minimum absolute atomic E-state index is 0. The van der Waals surface area contributed by atoms with E-state index >= 15 is 0 Å². The molecule has 7 aliphatic carbocycles. The van der Waals surface area contributed by atoms with E-state index in [9.17, 15) is 0 Å². The maximum absolute atomic E-state index is 2.38. The normalized spacial score (nSPS) is 18.8. The fourth-order valence-electron chi connectivity index (χ4n) is 10.3. The molecule has 0 bridgehead atoms. The van der Waals surface area contributed by atoms with Crippen LogP contribution in [-0.4, -0.2) is 0 Å². The molecule has 0 saturated heterocycles. The van der Waals surface area contributed by atoms with E-state index in [0.717, 1.165) is 0 Å². The summed E-state index contributed by atoms with van der Waals surface area (Å²) in [6, 6.07) is 26.3. The van der Waals surface area contributed by atoms with E-state index in [1.165, 1.54) is 131 Å². The van der Waals surface area contributed by atoms with Gasteiger partial charge in [-0.3, -0.25) is 0 Å². The molecule has 2 saturated carbocycles. The summed E-state index contributed by atoms with van der Waals surface area (Å²) < 4.78 is 0. The van der Waals surface area contributed by atoms with Crippen LogP contribution < -0.4 is 0 Å². The molecule has 10 rings (SSSR count).